The molecule has 0 fully saturated rings. The van der Waals surface area contributed by atoms with Crippen LogP contribution in [-0.4, -0.2) is 8.07 Å². The van der Waals surface area contributed by atoms with Crippen LogP contribution in [0, 0.1) is 0 Å². The second kappa shape index (κ2) is 11.6. The van der Waals surface area contributed by atoms with Gasteiger partial charge in [-0.1, -0.05) is 195 Å². The van der Waals surface area contributed by atoms with Crippen molar-refractivity contribution in [1.29, 1.82) is 0 Å². The third kappa shape index (κ3) is 5.29. The molecule has 48 heavy (non-hydrogen) atoms. The minimum absolute atomic E-state index is 0.0518. The highest BCUT2D eigenvalue weighted by Crippen LogP contribution is 2.50. The zero-order chi connectivity index (χ0) is 33.9. The van der Waals surface area contributed by atoms with E-state index in [2.05, 4.69) is 201 Å². The molecule has 0 amide bonds. The van der Waals surface area contributed by atoms with Gasteiger partial charge in [-0.3, -0.25) is 0 Å². The summed E-state index contributed by atoms with van der Waals surface area (Å²) in [6.45, 7) is 18.6. The first-order valence-corrected chi connectivity index (χ1v) is 19.4. The lowest BCUT2D eigenvalue weighted by Gasteiger charge is -2.35. The number of fused-ring (bicyclic) bond motifs is 3. The highest BCUT2D eigenvalue weighted by molar-refractivity contribution is 7.19. The van der Waals surface area contributed by atoms with Crippen molar-refractivity contribution in [2.45, 2.75) is 71.6 Å². The average molecular weight is 641 g/mol. The van der Waals surface area contributed by atoms with Crippen molar-refractivity contribution in [2.75, 3.05) is 0 Å². The van der Waals surface area contributed by atoms with Crippen molar-refractivity contribution in [2.24, 2.45) is 0 Å². The molecule has 0 saturated heterocycles. The fraction of sp³-hybridized carbons (Fsp3) is 0.234. The fourth-order valence-corrected chi connectivity index (χ4v) is 12.6. The predicted octanol–water partition coefficient (Wildman–Crippen LogP) is 9.63. The first kappa shape index (κ1) is 32.1. The van der Waals surface area contributed by atoms with Crippen LogP contribution in [0.1, 0.15) is 77.6 Å². The van der Waals surface area contributed by atoms with Crippen LogP contribution in [0.4, 0.5) is 0 Å². The summed E-state index contributed by atoms with van der Waals surface area (Å²) in [7, 11) is -2.61. The summed E-state index contributed by atoms with van der Waals surface area (Å²) in [6.07, 6.45) is 0. The molecule has 0 aliphatic heterocycles. The van der Waals surface area contributed by atoms with Crippen LogP contribution < -0.4 is 20.7 Å². The van der Waals surface area contributed by atoms with Crippen molar-refractivity contribution in [3.8, 4) is 22.3 Å². The topological polar surface area (TPSA) is 0 Å². The van der Waals surface area contributed by atoms with E-state index in [1.165, 1.54) is 65.3 Å². The normalized spacial score (nSPS) is 14.0. The summed E-state index contributed by atoms with van der Waals surface area (Å²) >= 11 is 0. The highest BCUT2D eigenvalue weighted by atomic mass is 28.3. The Labute approximate surface area is 289 Å². The molecule has 240 valence electrons. The number of hydrogen-bond acceptors (Lipinski definition) is 0. The summed E-state index contributed by atoms with van der Waals surface area (Å²) in [5.41, 5.74) is 11.1. The molecule has 0 saturated carbocycles. The van der Waals surface area contributed by atoms with Gasteiger partial charge in [-0.15, -0.1) is 0 Å². The summed E-state index contributed by atoms with van der Waals surface area (Å²) in [5, 5.41) is 5.61. The van der Waals surface area contributed by atoms with E-state index in [0.717, 1.165) is 0 Å². The van der Waals surface area contributed by atoms with E-state index in [0.29, 0.717) is 0 Å². The Morgan fingerprint density at radius 1 is 0.396 bits per heavy atom. The van der Waals surface area contributed by atoms with Crippen LogP contribution in [0.15, 0.2) is 146 Å². The molecule has 0 atom stereocenters. The molecule has 0 radical (unpaired) electrons. The SMILES string of the molecule is CC(C)(C)c1ccc([Si](c2ccccc2)(c2ccccc2)c2ccc(-c3ccc4c(c3)C(C)(C)c3cc(C(C)(C)C)ccc3-4)cc2)cc1. The lowest BCUT2D eigenvalue weighted by Crippen LogP contribution is -2.74. The van der Waals surface area contributed by atoms with Crippen LogP contribution in [-0.2, 0) is 16.2 Å². The third-order valence-electron chi connectivity index (χ3n) is 10.8. The third-order valence-corrected chi connectivity index (χ3v) is 15.6. The first-order chi connectivity index (χ1) is 22.8. The lowest BCUT2D eigenvalue weighted by atomic mass is 9.78. The van der Waals surface area contributed by atoms with E-state index in [1.54, 1.807) is 0 Å². The van der Waals surface area contributed by atoms with Gasteiger partial charge in [-0.25, -0.2) is 0 Å². The Morgan fingerprint density at radius 2 is 0.792 bits per heavy atom. The second-order valence-electron chi connectivity index (χ2n) is 16.3. The van der Waals surface area contributed by atoms with E-state index in [-0.39, 0.29) is 16.2 Å². The zero-order valence-corrected chi connectivity index (χ0v) is 30.9. The number of benzene rings is 6. The summed E-state index contributed by atoms with van der Waals surface area (Å²) in [5.74, 6) is 0. The maximum Gasteiger partial charge on any atom is 0.179 e. The van der Waals surface area contributed by atoms with E-state index in [4.69, 9.17) is 0 Å². The van der Waals surface area contributed by atoms with E-state index in [9.17, 15) is 0 Å². The van der Waals surface area contributed by atoms with Gasteiger partial charge in [-0.05, 0) is 82.2 Å². The minimum Gasteiger partial charge on any atom is -0.0623 e. The smallest absolute Gasteiger partial charge is 0.0623 e. The molecule has 0 unspecified atom stereocenters. The average Bonchev–Trinajstić information content (AvgIpc) is 3.31. The van der Waals surface area contributed by atoms with Crippen molar-refractivity contribution < 1.29 is 0 Å². The standard InChI is InChI=1S/C47H48Si/c1-45(2,3)35-22-27-40(28-23-35)48(37-15-11-9-12-16-37,38-17-13-10-14-18-38)39-25-19-33(20-26-39)34-21-29-41-42-30-24-36(46(4,5)6)32-44(42)47(7,8)43(41)31-34/h9-32H,1-8H3. The Balaban J connectivity index is 1.35. The Kier molecular flexibility index (Phi) is 7.76. The van der Waals surface area contributed by atoms with E-state index >= 15 is 0 Å². The van der Waals surface area contributed by atoms with Crippen molar-refractivity contribution in [3.63, 3.8) is 0 Å². The molecule has 1 heteroatoms. The number of hydrogen-bond donors (Lipinski definition) is 0. The first-order valence-electron chi connectivity index (χ1n) is 17.4. The van der Waals surface area contributed by atoms with Crippen LogP contribution in [0.5, 0.6) is 0 Å². The van der Waals surface area contributed by atoms with Gasteiger partial charge < -0.3 is 0 Å². The largest absolute Gasteiger partial charge is 0.179 e. The van der Waals surface area contributed by atoms with Crippen LogP contribution in [0.25, 0.3) is 22.3 Å². The Morgan fingerprint density at radius 3 is 1.29 bits per heavy atom. The van der Waals surface area contributed by atoms with Gasteiger partial charge in [0.2, 0.25) is 0 Å². The van der Waals surface area contributed by atoms with Gasteiger partial charge in [-0.2, -0.15) is 0 Å². The van der Waals surface area contributed by atoms with Gasteiger partial charge in [0, 0.05) is 5.41 Å². The molecule has 0 aromatic heterocycles. The molecule has 0 heterocycles. The van der Waals surface area contributed by atoms with Gasteiger partial charge in [0.15, 0.2) is 8.07 Å². The highest BCUT2D eigenvalue weighted by Gasteiger charge is 2.42. The molecule has 7 rings (SSSR count). The van der Waals surface area contributed by atoms with Gasteiger partial charge in [0.05, 0.1) is 0 Å². The zero-order valence-electron chi connectivity index (χ0n) is 29.9. The fourth-order valence-electron chi connectivity index (χ4n) is 7.89. The summed E-state index contributed by atoms with van der Waals surface area (Å²) < 4.78 is 0. The van der Waals surface area contributed by atoms with E-state index < -0.39 is 8.07 Å². The van der Waals surface area contributed by atoms with Crippen molar-refractivity contribution in [3.05, 3.63) is 168 Å². The second-order valence-corrected chi connectivity index (χ2v) is 20.1. The molecule has 6 aromatic rings. The summed E-state index contributed by atoms with van der Waals surface area (Å²) in [4.78, 5) is 0. The maximum atomic E-state index is 2.45. The van der Waals surface area contributed by atoms with Gasteiger partial charge >= 0.3 is 0 Å². The molecular weight excluding hydrogens is 593 g/mol. The molecule has 6 aromatic carbocycles. The Hall–Kier alpha value is -4.46. The molecule has 0 spiro atoms. The maximum absolute atomic E-state index is 2.61. The van der Waals surface area contributed by atoms with Crippen LogP contribution in [0.2, 0.25) is 0 Å². The van der Waals surface area contributed by atoms with Gasteiger partial charge in [0.1, 0.15) is 0 Å². The molecule has 0 bridgehead atoms. The lowest BCUT2D eigenvalue weighted by molar-refractivity contribution is 0.584. The molecular formula is C47H48Si. The Bertz CT molecular complexity index is 2030. The minimum atomic E-state index is -2.61. The van der Waals surface area contributed by atoms with Crippen LogP contribution in [0.3, 0.4) is 0 Å². The molecule has 0 nitrogen and oxygen atoms in total. The molecule has 0 N–H and O–H groups in total. The quantitative estimate of drug-likeness (QED) is 0.130. The number of rotatable bonds is 5. The van der Waals surface area contributed by atoms with Gasteiger partial charge in [0.25, 0.3) is 0 Å². The van der Waals surface area contributed by atoms with Crippen molar-refractivity contribution >= 4 is 28.8 Å². The monoisotopic (exact) mass is 640 g/mol. The molecule has 1 aliphatic rings. The van der Waals surface area contributed by atoms with E-state index in [1.807, 2.05) is 0 Å². The predicted molar refractivity (Wildman–Crippen MR) is 210 cm³/mol. The van der Waals surface area contributed by atoms with Crippen LogP contribution >= 0.6 is 0 Å². The molecule has 1 aliphatic carbocycles. The summed E-state index contributed by atoms with van der Waals surface area (Å²) in [6, 6.07) is 55.8. The van der Waals surface area contributed by atoms with Crippen molar-refractivity contribution in [1.82, 2.24) is 0 Å².